The van der Waals surface area contributed by atoms with Gasteiger partial charge in [0.2, 0.25) is 5.76 Å². The average Bonchev–Trinajstić information content (AvgIpc) is 3.09. The Morgan fingerprint density at radius 1 is 1.23 bits per heavy atom. The van der Waals surface area contributed by atoms with Gasteiger partial charge in [0.1, 0.15) is 17.1 Å². The number of nitrogens with one attached hydrogen (secondary N) is 1. The highest BCUT2D eigenvalue weighted by Gasteiger charge is 2.26. The van der Waals surface area contributed by atoms with Crippen molar-refractivity contribution in [3.63, 3.8) is 0 Å². The Hall–Kier alpha value is -3.42. The lowest BCUT2D eigenvalue weighted by atomic mass is 10.1. The van der Waals surface area contributed by atoms with Crippen LogP contribution in [0.1, 0.15) is 47.2 Å². The molecule has 8 heteroatoms. The number of halogens is 1. The molecule has 2 aromatic heterocycles. The van der Waals surface area contributed by atoms with Crippen LogP contribution in [0.2, 0.25) is 0 Å². The SMILES string of the molecule is CC.CCOC(=O)c1cncc2c(Nc3ccc(C)cc3F)c(C(=O)N(C)C)oc12. The Balaban J connectivity index is 0.00000155. The first-order valence-corrected chi connectivity index (χ1v) is 9.66. The van der Waals surface area contributed by atoms with Crippen molar-refractivity contribution in [2.45, 2.75) is 27.7 Å². The summed E-state index contributed by atoms with van der Waals surface area (Å²) in [5.41, 5.74) is 1.40. The zero-order valence-electron chi connectivity index (χ0n) is 18.0. The molecule has 0 bridgehead atoms. The van der Waals surface area contributed by atoms with E-state index in [0.29, 0.717) is 5.39 Å². The van der Waals surface area contributed by atoms with Gasteiger partial charge in [0, 0.05) is 26.5 Å². The number of fused-ring (bicyclic) bond motifs is 1. The highest BCUT2D eigenvalue weighted by atomic mass is 19.1. The van der Waals surface area contributed by atoms with Gasteiger partial charge < -0.3 is 19.4 Å². The van der Waals surface area contributed by atoms with Crippen molar-refractivity contribution in [3.05, 3.63) is 53.3 Å². The molecule has 0 saturated heterocycles. The minimum atomic E-state index is -0.619. The summed E-state index contributed by atoms with van der Waals surface area (Å²) in [7, 11) is 3.13. The number of carbonyl (C=O) groups is 2. The number of aromatic nitrogens is 1. The van der Waals surface area contributed by atoms with E-state index in [1.807, 2.05) is 13.8 Å². The molecule has 0 aliphatic carbocycles. The lowest BCUT2D eigenvalue weighted by molar-refractivity contribution is 0.0526. The predicted molar refractivity (Wildman–Crippen MR) is 114 cm³/mol. The summed E-state index contributed by atoms with van der Waals surface area (Å²) in [5.74, 6) is -1.60. The summed E-state index contributed by atoms with van der Waals surface area (Å²) in [4.78, 5) is 30.2. The fourth-order valence-corrected chi connectivity index (χ4v) is 2.70. The van der Waals surface area contributed by atoms with Crippen LogP contribution in [0.15, 0.2) is 35.0 Å². The number of hydrogen-bond acceptors (Lipinski definition) is 6. The molecule has 0 radical (unpaired) electrons. The van der Waals surface area contributed by atoms with Crippen LogP contribution in [0.4, 0.5) is 15.8 Å². The van der Waals surface area contributed by atoms with Gasteiger partial charge in [-0.3, -0.25) is 9.78 Å². The van der Waals surface area contributed by atoms with Gasteiger partial charge in [-0.2, -0.15) is 0 Å². The van der Waals surface area contributed by atoms with Crippen LogP contribution in [0.5, 0.6) is 0 Å². The summed E-state index contributed by atoms with van der Waals surface area (Å²) in [6.07, 6.45) is 2.76. The van der Waals surface area contributed by atoms with Gasteiger partial charge in [-0.25, -0.2) is 9.18 Å². The first-order chi connectivity index (χ1) is 14.3. The fourth-order valence-electron chi connectivity index (χ4n) is 2.70. The van der Waals surface area contributed by atoms with Crippen molar-refractivity contribution < 1.29 is 23.1 Å². The number of amides is 1. The van der Waals surface area contributed by atoms with Crippen molar-refractivity contribution >= 4 is 34.2 Å². The van der Waals surface area contributed by atoms with Gasteiger partial charge in [-0.1, -0.05) is 19.9 Å². The molecule has 3 rings (SSSR count). The maximum absolute atomic E-state index is 14.4. The number of nitrogens with zero attached hydrogens (tertiary/aromatic N) is 2. The Morgan fingerprint density at radius 2 is 1.93 bits per heavy atom. The first kappa shape index (κ1) is 22.9. The third-order valence-electron chi connectivity index (χ3n) is 4.08. The zero-order chi connectivity index (χ0) is 22.4. The van der Waals surface area contributed by atoms with Crippen molar-refractivity contribution in [3.8, 4) is 0 Å². The van der Waals surface area contributed by atoms with Gasteiger partial charge in [-0.05, 0) is 31.5 Å². The third-order valence-corrected chi connectivity index (χ3v) is 4.08. The van der Waals surface area contributed by atoms with E-state index < -0.39 is 17.7 Å². The minimum Gasteiger partial charge on any atom is -0.462 e. The largest absolute Gasteiger partial charge is 0.462 e. The quantitative estimate of drug-likeness (QED) is 0.595. The van der Waals surface area contributed by atoms with E-state index >= 15 is 0 Å². The molecule has 0 saturated carbocycles. The Morgan fingerprint density at radius 3 is 2.53 bits per heavy atom. The molecule has 3 aromatic rings. The van der Waals surface area contributed by atoms with E-state index in [1.54, 1.807) is 40.1 Å². The van der Waals surface area contributed by atoms with Gasteiger partial charge in [-0.15, -0.1) is 0 Å². The van der Waals surface area contributed by atoms with Crippen LogP contribution in [0.25, 0.3) is 11.0 Å². The van der Waals surface area contributed by atoms with E-state index in [2.05, 4.69) is 10.3 Å². The highest BCUT2D eigenvalue weighted by Crippen LogP contribution is 2.36. The van der Waals surface area contributed by atoms with Crippen LogP contribution >= 0.6 is 0 Å². The summed E-state index contributed by atoms with van der Waals surface area (Å²) in [6, 6.07) is 4.68. The molecule has 1 aromatic carbocycles. The van der Waals surface area contributed by atoms with Crippen molar-refractivity contribution in [1.29, 1.82) is 0 Å². The molecule has 0 spiro atoms. The minimum absolute atomic E-state index is 0.0569. The molecule has 0 aliphatic rings. The molecule has 0 unspecified atom stereocenters. The number of hydrogen-bond donors (Lipinski definition) is 1. The smallest absolute Gasteiger partial charge is 0.343 e. The summed E-state index contributed by atoms with van der Waals surface area (Å²) < 4.78 is 25.1. The number of pyridine rings is 1. The number of aryl methyl sites for hydroxylation is 1. The second-order valence-corrected chi connectivity index (χ2v) is 6.40. The summed E-state index contributed by atoms with van der Waals surface area (Å²) in [6.45, 7) is 7.64. The lowest BCUT2D eigenvalue weighted by Gasteiger charge is -2.11. The van der Waals surface area contributed by atoms with Crippen molar-refractivity contribution in [2.75, 3.05) is 26.0 Å². The number of carbonyl (C=O) groups excluding carboxylic acids is 2. The van der Waals surface area contributed by atoms with Gasteiger partial charge in [0.05, 0.1) is 17.7 Å². The Kier molecular flexibility index (Phi) is 7.52. The zero-order valence-corrected chi connectivity index (χ0v) is 18.0. The topological polar surface area (TPSA) is 84.7 Å². The predicted octanol–water partition coefficient (Wildman–Crippen LogP) is 4.92. The normalized spacial score (nSPS) is 10.2. The van der Waals surface area contributed by atoms with Crippen molar-refractivity contribution in [2.24, 2.45) is 0 Å². The number of rotatable bonds is 5. The van der Waals surface area contributed by atoms with E-state index in [0.717, 1.165) is 5.56 Å². The molecular formula is C22H26FN3O4. The molecule has 2 heterocycles. The maximum atomic E-state index is 14.4. The average molecular weight is 415 g/mol. The third kappa shape index (κ3) is 4.59. The molecule has 1 amide bonds. The van der Waals surface area contributed by atoms with E-state index in [1.165, 1.54) is 23.4 Å². The van der Waals surface area contributed by atoms with Gasteiger partial charge >= 0.3 is 5.97 Å². The molecule has 0 fully saturated rings. The molecule has 0 atom stereocenters. The molecule has 7 nitrogen and oxygen atoms in total. The maximum Gasteiger partial charge on any atom is 0.343 e. The molecule has 0 aliphatic heterocycles. The van der Waals surface area contributed by atoms with Crippen LogP contribution in [0, 0.1) is 12.7 Å². The summed E-state index contributed by atoms with van der Waals surface area (Å²) >= 11 is 0. The molecule has 1 N–H and O–H groups in total. The summed E-state index contributed by atoms with van der Waals surface area (Å²) in [5, 5.41) is 3.29. The van der Waals surface area contributed by atoms with Gasteiger partial charge in [0.25, 0.3) is 5.91 Å². The first-order valence-electron chi connectivity index (χ1n) is 9.66. The number of esters is 1. The number of anilines is 2. The van der Waals surface area contributed by atoms with E-state index in [9.17, 15) is 14.0 Å². The van der Waals surface area contributed by atoms with Crippen LogP contribution < -0.4 is 5.32 Å². The van der Waals surface area contributed by atoms with Crippen molar-refractivity contribution in [1.82, 2.24) is 9.88 Å². The Bertz CT molecular complexity index is 1060. The lowest BCUT2D eigenvalue weighted by Crippen LogP contribution is -2.22. The van der Waals surface area contributed by atoms with E-state index in [-0.39, 0.29) is 34.9 Å². The molecule has 160 valence electrons. The molecular weight excluding hydrogens is 389 g/mol. The number of furan rings is 1. The van der Waals surface area contributed by atoms with Crippen LogP contribution in [-0.4, -0.2) is 42.5 Å². The van der Waals surface area contributed by atoms with Crippen LogP contribution in [-0.2, 0) is 4.74 Å². The van der Waals surface area contributed by atoms with Gasteiger partial charge in [0.15, 0.2) is 5.58 Å². The monoisotopic (exact) mass is 415 g/mol. The second-order valence-electron chi connectivity index (χ2n) is 6.40. The number of ether oxygens (including phenoxy) is 1. The Labute approximate surface area is 174 Å². The highest BCUT2D eigenvalue weighted by molar-refractivity contribution is 6.11. The second kappa shape index (κ2) is 9.87. The number of benzene rings is 1. The molecule has 30 heavy (non-hydrogen) atoms. The standard InChI is InChI=1S/C20H20FN3O4.C2H6/c1-5-27-20(26)13-10-22-9-12-16(18(28-17(12)13)19(25)24(3)4)23-15-7-6-11(2)8-14(15)21;1-2/h6-10,23H,5H2,1-4H3;1-2H3. The van der Waals surface area contributed by atoms with Crippen LogP contribution in [0.3, 0.4) is 0 Å². The van der Waals surface area contributed by atoms with E-state index in [4.69, 9.17) is 9.15 Å². The fraction of sp³-hybridized carbons (Fsp3) is 0.318.